The predicted molar refractivity (Wildman–Crippen MR) is 81.3 cm³/mol. The molecule has 3 heterocycles. The Kier molecular flexibility index (Phi) is 3.07. The fourth-order valence-electron chi connectivity index (χ4n) is 2.90. The first-order valence-corrected chi connectivity index (χ1v) is 7.36. The number of aromatic amines is 1. The van der Waals surface area contributed by atoms with Gasteiger partial charge in [-0.15, -0.1) is 0 Å². The van der Waals surface area contributed by atoms with E-state index in [0.717, 1.165) is 16.8 Å². The van der Waals surface area contributed by atoms with Crippen molar-refractivity contribution in [3.05, 3.63) is 52.7 Å². The molecule has 4 rings (SSSR count). The summed E-state index contributed by atoms with van der Waals surface area (Å²) in [6.07, 6.45) is 0.683. The maximum absolute atomic E-state index is 13.3. The number of rotatable bonds is 1. The Labute approximate surface area is 131 Å². The summed E-state index contributed by atoms with van der Waals surface area (Å²) >= 11 is 0. The van der Waals surface area contributed by atoms with Gasteiger partial charge in [0.05, 0.1) is 29.0 Å². The average Bonchev–Trinajstić information content (AvgIpc) is 3.01. The molecular weight excluding hydrogens is 297 g/mol. The number of halogens is 1. The molecule has 0 aliphatic carbocycles. The Morgan fingerprint density at radius 2 is 2.09 bits per heavy atom. The van der Waals surface area contributed by atoms with Crippen molar-refractivity contribution in [2.45, 2.75) is 19.9 Å². The average molecular weight is 311 g/mol. The van der Waals surface area contributed by atoms with Crippen molar-refractivity contribution >= 4 is 16.8 Å². The summed E-state index contributed by atoms with van der Waals surface area (Å²) in [7, 11) is 0. The van der Waals surface area contributed by atoms with E-state index in [1.54, 1.807) is 24.0 Å². The van der Waals surface area contributed by atoms with E-state index in [-0.39, 0.29) is 11.7 Å². The van der Waals surface area contributed by atoms with E-state index in [0.29, 0.717) is 36.3 Å². The smallest absolute Gasteiger partial charge is 0.256 e. The maximum Gasteiger partial charge on any atom is 0.256 e. The minimum Gasteiger partial charge on any atom is -0.332 e. The highest BCUT2D eigenvalue weighted by molar-refractivity contribution is 5.98. The van der Waals surface area contributed by atoms with Crippen LogP contribution < -0.4 is 0 Å². The van der Waals surface area contributed by atoms with Gasteiger partial charge in [-0.2, -0.15) is 15.4 Å². The van der Waals surface area contributed by atoms with E-state index in [1.165, 1.54) is 12.1 Å². The number of carbonyl (C=O) groups excluding carboxylic acids is 1. The molecule has 1 aliphatic heterocycles. The molecule has 0 spiro atoms. The first kappa shape index (κ1) is 13.8. The number of aromatic nitrogens is 4. The molecule has 116 valence electrons. The van der Waals surface area contributed by atoms with E-state index < -0.39 is 0 Å². The molecule has 7 heteroatoms. The third-order valence-corrected chi connectivity index (χ3v) is 4.15. The van der Waals surface area contributed by atoms with Crippen LogP contribution in [0.15, 0.2) is 24.3 Å². The molecule has 1 amide bonds. The molecule has 1 aliphatic rings. The number of amides is 1. The number of benzene rings is 1. The largest absolute Gasteiger partial charge is 0.332 e. The number of H-pyrrole nitrogens is 1. The molecule has 1 aromatic carbocycles. The summed E-state index contributed by atoms with van der Waals surface area (Å²) in [5.41, 5.74) is 3.41. The zero-order valence-electron chi connectivity index (χ0n) is 12.5. The van der Waals surface area contributed by atoms with E-state index in [1.807, 2.05) is 0 Å². The van der Waals surface area contributed by atoms with Crippen molar-refractivity contribution in [3.8, 4) is 0 Å². The highest BCUT2D eigenvalue weighted by atomic mass is 19.1. The summed E-state index contributed by atoms with van der Waals surface area (Å²) in [6, 6.07) is 6.16. The lowest BCUT2D eigenvalue weighted by Gasteiger charge is -2.26. The van der Waals surface area contributed by atoms with Gasteiger partial charge in [0.25, 0.3) is 5.91 Å². The lowest BCUT2D eigenvalue weighted by atomic mass is 10.1. The number of hydrogen-bond acceptors (Lipinski definition) is 4. The van der Waals surface area contributed by atoms with Gasteiger partial charge in [-0.05, 0) is 25.1 Å². The molecule has 0 unspecified atom stereocenters. The summed E-state index contributed by atoms with van der Waals surface area (Å²) in [5, 5.41) is 11.5. The van der Waals surface area contributed by atoms with Crippen LogP contribution in [0.2, 0.25) is 0 Å². The molecular formula is C16H14FN5O. The Balaban J connectivity index is 1.70. The first-order valence-electron chi connectivity index (χ1n) is 7.36. The van der Waals surface area contributed by atoms with Gasteiger partial charge in [-0.1, -0.05) is 0 Å². The lowest BCUT2D eigenvalue weighted by Crippen LogP contribution is -2.36. The molecule has 23 heavy (non-hydrogen) atoms. The van der Waals surface area contributed by atoms with Crippen molar-refractivity contribution in [2.24, 2.45) is 0 Å². The van der Waals surface area contributed by atoms with Crippen LogP contribution in [0.3, 0.4) is 0 Å². The van der Waals surface area contributed by atoms with Gasteiger partial charge < -0.3 is 4.90 Å². The summed E-state index contributed by atoms with van der Waals surface area (Å²) in [4.78, 5) is 18.9. The normalized spacial score (nSPS) is 14.1. The minimum absolute atomic E-state index is 0.0881. The second-order valence-corrected chi connectivity index (χ2v) is 5.65. The molecule has 6 nitrogen and oxygen atoms in total. The highest BCUT2D eigenvalue weighted by Gasteiger charge is 2.25. The fourth-order valence-corrected chi connectivity index (χ4v) is 2.90. The molecule has 2 aromatic heterocycles. The number of fused-ring (bicyclic) bond motifs is 2. The quantitative estimate of drug-likeness (QED) is 0.746. The number of nitrogens with zero attached hydrogens (tertiary/aromatic N) is 4. The third kappa shape index (κ3) is 2.34. The van der Waals surface area contributed by atoms with Crippen LogP contribution in [0.5, 0.6) is 0 Å². The second-order valence-electron chi connectivity index (χ2n) is 5.65. The van der Waals surface area contributed by atoms with Crippen LogP contribution in [0.1, 0.15) is 27.4 Å². The molecule has 0 fully saturated rings. The maximum atomic E-state index is 13.3. The summed E-state index contributed by atoms with van der Waals surface area (Å²) < 4.78 is 13.3. The molecule has 1 N–H and O–H groups in total. The Morgan fingerprint density at radius 3 is 2.96 bits per heavy atom. The number of nitrogens with one attached hydrogen (secondary N) is 1. The lowest BCUT2D eigenvalue weighted by molar-refractivity contribution is 0.0731. The van der Waals surface area contributed by atoms with Gasteiger partial charge in [0.1, 0.15) is 11.5 Å². The van der Waals surface area contributed by atoms with E-state index >= 15 is 0 Å². The van der Waals surface area contributed by atoms with Crippen LogP contribution in [-0.4, -0.2) is 37.7 Å². The van der Waals surface area contributed by atoms with Gasteiger partial charge in [-0.3, -0.25) is 9.78 Å². The molecule has 0 atom stereocenters. The number of carbonyl (C=O) groups is 1. The minimum atomic E-state index is -0.335. The standard InChI is InChI=1S/C16H14FN5O/c1-9-12(6-10-2-3-11(17)7-14(10)18-9)16(23)22-5-4-13-15(8-22)20-21-19-13/h2-3,6-7H,4-5,8H2,1H3,(H,19,20,21). The fraction of sp³-hybridized carbons (Fsp3) is 0.250. The Bertz CT molecular complexity index is 920. The molecule has 3 aromatic rings. The molecule has 0 saturated carbocycles. The van der Waals surface area contributed by atoms with E-state index in [9.17, 15) is 9.18 Å². The molecule has 0 radical (unpaired) electrons. The van der Waals surface area contributed by atoms with Crippen molar-refractivity contribution in [1.82, 2.24) is 25.3 Å². The van der Waals surface area contributed by atoms with Crippen molar-refractivity contribution < 1.29 is 9.18 Å². The zero-order chi connectivity index (χ0) is 16.0. The highest BCUT2D eigenvalue weighted by Crippen LogP contribution is 2.21. The van der Waals surface area contributed by atoms with Gasteiger partial charge >= 0.3 is 0 Å². The van der Waals surface area contributed by atoms with Crippen LogP contribution >= 0.6 is 0 Å². The SMILES string of the molecule is Cc1nc2cc(F)ccc2cc1C(=O)N1CCc2n[nH]nc2C1. The van der Waals surface area contributed by atoms with Crippen LogP contribution in [0.25, 0.3) is 10.9 Å². The number of pyridine rings is 1. The van der Waals surface area contributed by atoms with Gasteiger partial charge in [0.2, 0.25) is 0 Å². The monoisotopic (exact) mass is 311 g/mol. The van der Waals surface area contributed by atoms with Crippen molar-refractivity contribution in [1.29, 1.82) is 0 Å². The van der Waals surface area contributed by atoms with Crippen LogP contribution in [0, 0.1) is 12.7 Å². The predicted octanol–water partition coefficient (Wildman–Crippen LogP) is 2.00. The first-order chi connectivity index (χ1) is 11.1. The Hall–Kier alpha value is -2.83. The second kappa shape index (κ2) is 5.12. The molecule has 0 bridgehead atoms. The number of aryl methyl sites for hydroxylation is 1. The Morgan fingerprint density at radius 1 is 1.26 bits per heavy atom. The van der Waals surface area contributed by atoms with Gasteiger partial charge in [0, 0.05) is 24.4 Å². The number of hydrogen-bond donors (Lipinski definition) is 1. The van der Waals surface area contributed by atoms with Gasteiger partial charge in [0.15, 0.2) is 0 Å². The van der Waals surface area contributed by atoms with Crippen LogP contribution in [-0.2, 0) is 13.0 Å². The van der Waals surface area contributed by atoms with Crippen molar-refractivity contribution in [3.63, 3.8) is 0 Å². The van der Waals surface area contributed by atoms with Crippen LogP contribution in [0.4, 0.5) is 4.39 Å². The topological polar surface area (TPSA) is 74.8 Å². The summed E-state index contributed by atoms with van der Waals surface area (Å²) in [5.74, 6) is -0.423. The third-order valence-electron chi connectivity index (χ3n) is 4.15. The van der Waals surface area contributed by atoms with Crippen molar-refractivity contribution in [2.75, 3.05) is 6.54 Å². The van der Waals surface area contributed by atoms with Gasteiger partial charge in [-0.25, -0.2) is 4.39 Å². The van der Waals surface area contributed by atoms with E-state index in [4.69, 9.17) is 0 Å². The summed E-state index contributed by atoms with van der Waals surface area (Å²) in [6.45, 7) is 2.80. The van der Waals surface area contributed by atoms with E-state index in [2.05, 4.69) is 20.4 Å². The molecule has 0 saturated heterocycles. The zero-order valence-corrected chi connectivity index (χ0v) is 12.5.